The summed E-state index contributed by atoms with van der Waals surface area (Å²) in [7, 11) is 0. The number of benzene rings is 1. The molecule has 0 radical (unpaired) electrons. The van der Waals surface area contributed by atoms with Gasteiger partial charge in [-0.3, -0.25) is 14.8 Å². The summed E-state index contributed by atoms with van der Waals surface area (Å²) in [5, 5.41) is 12.2. The van der Waals surface area contributed by atoms with Gasteiger partial charge >= 0.3 is 0 Å². The molecule has 3 rings (SSSR count). The van der Waals surface area contributed by atoms with Gasteiger partial charge in [0.25, 0.3) is 5.91 Å². The highest BCUT2D eigenvalue weighted by Gasteiger charge is 2.32. The fraction of sp³-hybridized carbons (Fsp3) is 0.500. The van der Waals surface area contributed by atoms with Crippen LogP contribution in [0.5, 0.6) is 0 Å². The third-order valence-corrected chi connectivity index (χ3v) is 5.40. The Morgan fingerprint density at radius 3 is 2.46 bits per heavy atom. The lowest BCUT2D eigenvalue weighted by atomic mass is 9.96. The molecular weight excluding hydrogens is 330 g/mol. The van der Waals surface area contributed by atoms with Crippen LogP contribution in [-0.4, -0.2) is 47.6 Å². The Morgan fingerprint density at radius 2 is 1.88 bits per heavy atom. The van der Waals surface area contributed by atoms with Crippen molar-refractivity contribution < 1.29 is 14.8 Å². The third-order valence-electron chi connectivity index (χ3n) is 5.40. The van der Waals surface area contributed by atoms with Gasteiger partial charge in [0.05, 0.1) is 0 Å². The van der Waals surface area contributed by atoms with E-state index in [4.69, 9.17) is 5.21 Å². The highest BCUT2D eigenvalue weighted by molar-refractivity contribution is 5.94. The van der Waals surface area contributed by atoms with E-state index in [1.807, 2.05) is 4.90 Å². The predicted octanol–water partition coefficient (Wildman–Crippen LogP) is 2.06. The van der Waals surface area contributed by atoms with E-state index < -0.39 is 5.91 Å². The van der Waals surface area contributed by atoms with E-state index in [-0.39, 0.29) is 5.91 Å². The van der Waals surface area contributed by atoms with Crippen molar-refractivity contribution in [1.29, 1.82) is 0 Å². The fourth-order valence-electron chi connectivity index (χ4n) is 3.37. The number of nitrogens with zero attached hydrogens (tertiary/aromatic N) is 1. The SMILES string of the molecule is C[C@@H]1C[C@H]1NCC1CCN(C(=O)/C=C/c2ccc(C(=O)NO)cc2)CC1. The number of carbonyl (C=O) groups is 2. The van der Waals surface area contributed by atoms with E-state index in [2.05, 4.69) is 12.2 Å². The zero-order valence-corrected chi connectivity index (χ0v) is 15.1. The molecule has 0 spiro atoms. The smallest absolute Gasteiger partial charge is 0.274 e. The molecule has 1 saturated carbocycles. The largest absolute Gasteiger partial charge is 0.339 e. The van der Waals surface area contributed by atoms with Crippen molar-refractivity contribution in [1.82, 2.24) is 15.7 Å². The minimum Gasteiger partial charge on any atom is -0.339 e. The molecule has 1 aliphatic heterocycles. The number of nitrogens with one attached hydrogen (secondary N) is 2. The van der Waals surface area contributed by atoms with Gasteiger partial charge in [0.15, 0.2) is 0 Å². The van der Waals surface area contributed by atoms with E-state index in [1.165, 1.54) is 6.42 Å². The standard InChI is InChI=1S/C20H27N3O3/c1-14-12-18(14)21-13-16-8-10-23(11-9-16)19(24)7-4-15-2-5-17(6-3-15)20(25)22-26/h2-7,14,16,18,21,26H,8-13H2,1H3,(H,22,25)/b7-4+/t14-,18-/m1/s1. The number of piperidine rings is 1. The number of likely N-dealkylation sites (tertiary alicyclic amines) is 1. The van der Waals surface area contributed by atoms with Crippen molar-refractivity contribution in [3.8, 4) is 0 Å². The number of rotatable bonds is 6. The first-order chi connectivity index (χ1) is 12.6. The summed E-state index contributed by atoms with van der Waals surface area (Å²) in [5.74, 6) is 0.976. The zero-order valence-electron chi connectivity index (χ0n) is 15.1. The van der Waals surface area contributed by atoms with Gasteiger partial charge in [-0.1, -0.05) is 19.1 Å². The summed E-state index contributed by atoms with van der Waals surface area (Å²) < 4.78 is 0. The molecule has 26 heavy (non-hydrogen) atoms. The van der Waals surface area contributed by atoms with E-state index in [0.29, 0.717) is 17.5 Å². The second-order valence-electron chi connectivity index (χ2n) is 7.39. The van der Waals surface area contributed by atoms with Crippen LogP contribution in [0.2, 0.25) is 0 Å². The first-order valence-corrected chi connectivity index (χ1v) is 9.31. The highest BCUT2D eigenvalue weighted by atomic mass is 16.5. The average Bonchev–Trinajstić information content (AvgIpc) is 3.39. The number of hydrogen-bond acceptors (Lipinski definition) is 4. The van der Waals surface area contributed by atoms with Crippen LogP contribution in [0, 0.1) is 11.8 Å². The Hall–Kier alpha value is -2.18. The van der Waals surface area contributed by atoms with Crippen molar-refractivity contribution in [3.63, 3.8) is 0 Å². The molecule has 2 amide bonds. The van der Waals surface area contributed by atoms with Crippen molar-refractivity contribution >= 4 is 17.9 Å². The molecule has 140 valence electrons. The quantitative estimate of drug-likeness (QED) is 0.413. The van der Waals surface area contributed by atoms with Crippen LogP contribution in [0.15, 0.2) is 30.3 Å². The summed E-state index contributed by atoms with van der Waals surface area (Å²) in [4.78, 5) is 25.5. The molecule has 1 heterocycles. The van der Waals surface area contributed by atoms with Gasteiger partial charge < -0.3 is 10.2 Å². The Labute approximate surface area is 154 Å². The van der Waals surface area contributed by atoms with E-state index in [0.717, 1.165) is 44.0 Å². The van der Waals surface area contributed by atoms with E-state index in [9.17, 15) is 9.59 Å². The van der Waals surface area contributed by atoms with Crippen LogP contribution >= 0.6 is 0 Å². The topological polar surface area (TPSA) is 81.7 Å². The lowest BCUT2D eigenvalue weighted by molar-refractivity contribution is -0.127. The maximum atomic E-state index is 12.3. The lowest BCUT2D eigenvalue weighted by Gasteiger charge is -2.31. The van der Waals surface area contributed by atoms with Crippen LogP contribution in [0.25, 0.3) is 6.08 Å². The van der Waals surface area contributed by atoms with Crippen molar-refractivity contribution in [2.45, 2.75) is 32.2 Å². The number of hydrogen-bond donors (Lipinski definition) is 3. The van der Waals surface area contributed by atoms with Gasteiger partial charge in [-0.15, -0.1) is 0 Å². The molecule has 1 saturated heterocycles. The minimum atomic E-state index is -0.551. The molecule has 3 N–H and O–H groups in total. The molecule has 1 aromatic rings. The molecule has 0 unspecified atom stereocenters. The molecular formula is C20H27N3O3. The number of carbonyl (C=O) groups excluding carboxylic acids is 2. The average molecular weight is 357 g/mol. The Bertz CT molecular complexity index is 663. The Balaban J connectivity index is 1.43. The summed E-state index contributed by atoms with van der Waals surface area (Å²) in [6.45, 7) is 4.97. The van der Waals surface area contributed by atoms with Gasteiger partial charge in [-0.25, -0.2) is 5.48 Å². The van der Waals surface area contributed by atoms with Crippen molar-refractivity contribution in [2.75, 3.05) is 19.6 Å². The van der Waals surface area contributed by atoms with Gasteiger partial charge in [-0.05, 0) is 61.4 Å². The monoisotopic (exact) mass is 357 g/mol. The van der Waals surface area contributed by atoms with Crippen molar-refractivity contribution in [3.05, 3.63) is 41.5 Å². The van der Waals surface area contributed by atoms with Gasteiger partial charge in [0.1, 0.15) is 0 Å². The summed E-state index contributed by atoms with van der Waals surface area (Å²) >= 11 is 0. The second kappa shape index (κ2) is 8.47. The Morgan fingerprint density at radius 1 is 1.23 bits per heavy atom. The maximum absolute atomic E-state index is 12.3. The van der Waals surface area contributed by atoms with Crippen LogP contribution in [0.3, 0.4) is 0 Å². The van der Waals surface area contributed by atoms with Gasteiger partial charge in [-0.2, -0.15) is 0 Å². The van der Waals surface area contributed by atoms with E-state index >= 15 is 0 Å². The first kappa shape index (κ1) is 18.6. The zero-order chi connectivity index (χ0) is 18.5. The summed E-state index contributed by atoms with van der Waals surface area (Å²) in [5.41, 5.74) is 2.80. The minimum absolute atomic E-state index is 0.0319. The Kier molecular flexibility index (Phi) is 6.06. The molecule has 6 nitrogen and oxygen atoms in total. The molecule has 2 atom stereocenters. The third kappa shape index (κ3) is 4.93. The van der Waals surface area contributed by atoms with Crippen LogP contribution < -0.4 is 10.8 Å². The molecule has 1 aromatic carbocycles. The highest BCUT2D eigenvalue weighted by Crippen LogP contribution is 2.29. The first-order valence-electron chi connectivity index (χ1n) is 9.31. The molecule has 6 heteroatoms. The molecule has 2 fully saturated rings. The fourth-order valence-corrected chi connectivity index (χ4v) is 3.37. The van der Waals surface area contributed by atoms with Crippen LogP contribution in [0.1, 0.15) is 42.1 Å². The van der Waals surface area contributed by atoms with Gasteiger partial charge in [0, 0.05) is 30.8 Å². The van der Waals surface area contributed by atoms with Crippen LogP contribution in [-0.2, 0) is 4.79 Å². The lowest BCUT2D eigenvalue weighted by Crippen LogP contribution is -2.40. The summed E-state index contributed by atoms with van der Waals surface area (Å²) in [6, 6.07) is 7.41. The summed E-state index contributed by atoms with van der Waals surface area (Å²) in [6.07, 6.45) is 6.75. The molecule has 1 aliphatic carbocycles. The maximum Gasteiger partial charge on any atom is 0.274 e. The number of hydroxylamine groups is 1. The molecule has 2 aliphatic rings. The van der Waals surface area contributed by atoms with Gasteiger partial charge in [0.2, 0.25) is 5.91 Å². The van der Waals surface area contributed by atoms with Crippen molar-refractivity contribution in [2.24, 2.45) is 11.8 Å². The van der Waals surface area contributed by atoms with E-state index in [1.54, 1.807) is 41.9 Å². The second-order valence-corrected chi connectivity index (χ2v) is 7.39. The van der Waals surface area contributed by atoms with Crippen LogP contribution in [0.4, 0.5) is 0 Å². The number of amides is 2. The predicted molar refractivity (Wildman–Crippen MR) is 99.6 cm³/mol. The molecule has 0 bridgehead atoms. The normalized spacial score (nSPS) is 23.2. The molecule has 0 aromatic heterocycles.